The Kier molecular flexibility index (Phi) is 18.1. The lowest BCUT2D eigenvalue weighted by atomic mass is 9.77. The second-order valence-electron chi connectivity index (χ2n) is 12.0. The van der Waals surface area contributed by atoms with Crippen molar-refractivity contribution in [3.05, 3.63) is 22.9 Å². The molecule has 1 rings (SSSR count). The third-order valence-corrected chi connectivity index (χ3v) is 8.29. The molecular formula is C30H52N6O10. The van der Waals surface area contributed by atoms with Crippen molar-refractivity contribution >= 4 is 29.8 Å². The smallest absolute Gasteiger partial charge is 0.320 e. The first-order valence-corrected chi connectivity index (χ1v) is 15.6. The molecule has 0 aromatic rings. The molecular weight excluding hydrogens is 604 g/mol. The molecule has 1 aliphatic rings. The normalized spacial score (nSPS) is 17.4. The average Bonchev–Trinajstić information content (AvgIpc) is 2.99. The Labute approximate surface area is 268 Å². The second kappa shape index (κ2) is 20.5. The lowest BCUT2D eigenvalue weighted by Gasteiger charge is -2.36. The van der Waals surface area contributed by atoms with E-state index in [0.717, 1.165) is 16.7 Å². The highest BCUT2D eigenvalue weighted by molar-refractivity contribution is 5.74. The van der Waals surface area contributed by atoms with Gasteiger partial charge in [0.05, 0.1) is 0 Å². The molecule has 0 fully saturated rings. The molecule has 16 nitrogen and oxygen atoms in total. The summed E-state index contributed by atoms with van der Waals surface area (Å²) in [6.07, 6.45) is 6.45. The summed E-state index contributed by atoms with van der Waals surface area (Å²) in [5, 5.41) is 46.5. The van der Waals surface area contributed by atoms with Crippen LogP contribution in [-0.4, -0.2) is 104 Å². The van der Waals surface area contributed by atoms with Crippen LogP contribution in [0.1, 0.15) is 83.5 Å². The Bertz CT molecular complexity index is 1110. The Morgan fingerprint density at radius 1 is 0.565 bits per heavy atom. The number of nitrogens with zero attached hydrogens (tertiary/aromatic N) is 1. The van der Waals surface area contributed by atoms with Gasteiger partial charge in [-0.05, 0) is 93.3 Å². The van der Waals surface area contributed by atoms with Crippen molar-refractivity contribution in [2.24, 2.45) is 34.6 Å². The molecule has 6 unspecified atom stereocenters. The number of carbonyl (C=O) groups is 5. The van der Waals surface area contributed by atoms with Crippen molar-refractivity contribution in [2.75, 3.05) is 13.1 Å². The molecule has 0 aromatic carbocycles. The van der Waals surface area contributed by atoms with E-state index in [4.69, 9.17) is 38.9 Å². The van der Waals surface area contributed by atoms with Gasteiger partial charge < -0.3 is 59.1 Å². The first-order chi connectivity index (χ1) is 21.5. The molecule has 262 valence electrons. The highest BCUT2D eigenvalue weighted by Gasteiger charge is 2.29. The molecule has 0 aromatic heterocycles. The maximum atomic E-state index is 11.5. The number of carboxylic acid groups (broad SMARTS) is 5. The fraction of sp³-hybridized carbons (Fsp3) is 0.700. The van der Waals surface area contributed by atoms with E-state index in [0.29, 0.717) is 58.0 Å². The van der Waals surface area contributed by atoms with E-state index in [-0.39, 0.29) is 44.4 Å². The van der Waals surface area contributed by atoms with Crippen molar-refractivity contribution in [1.29, 1.82) is 0 Å². The largest absolute Gasteiger partial charge is 0.480 e. The predicted octanol–water partition coefficient (Wildman–Crippen LogP) is 0.230. The fourth-order valence-corrected chi connectivity index (χ4v) is 5.51. The molecule has 46 heavy (non-hydrogen) atoms. The van der Waals surface area contributed by atoms with Crippen molar-refractivity contribution < 1.29 is 49.5 Å². The van der Waals surface area contributed by atoms with Crippen LogP contribution in [0, 0.1) is 5.92 Å². The van der Waals surface area contributed by atoms with E-state index >= 15 is 0 Å². The minimum Gasteiger partial charge on any atom is -0.480 e. The van der Waals surface area contributed by atoms with Crippen molar-refractivity contribution in [2.45, 2.75) is 114 Å². The van der Waals surface area contributed by atoms with Crippen LogP contribution >= 0.6 is 0 Å². The molecule has 0 bridgehead atoms. The molecule has 6 atom stereocenters. The average molecular weight is 657 g/mol. The number of nitrogens with two attached hydrogens (primary N) is 5. The molecule has 0 amide bonds. The summed E-state index contributed by atoms with van der Waals surface area (Å²) in [5.74, 6) is -5.94. The van der Waals surface area contributed by atoms with Crippen molar-refractivity contribution in [1.82, 2.24) is 4.90 Å². The van der Waals surface area contributed by atoms with Crippen LogP contribution in [0.15, 0.2) is 22.9 Å². The summed E-state index contributed by atoms with van der Waals surface area (Å²) in [6, 6.07) is -5.40. The summed E-state index contributed by atoms with van der Waals surface area (Å²) >= 11 is 0. The van der Waals surface area contributed by atoms with Gasteiger partial charge in [-0.2, -0.15) is 0 Å². The number of rotatable bonds is 25. The van der Waals surface area contributed by atoms with E-state index in [9.17, 15) is 39.3 Å². The summed E-state index contributed by atoms with van der Waals surface area (Å²) in [7, 11) is 0. The Balaban J connectivity index is 3.48. The zero-order valence-corrected chi connectivity index (χ0v) is 26.3. The van der Waals surface area contributed by atoms with Crippen molar-refractivity contribution in [3.63, 3.8) is 0 Å². The number of unbranched alkanes of at least 4 members (excludes halogenated alkanes) is 2. The molecule has 16 heteroatoms. The third-order valence-electron chi connectivity index (χ3n) is 8.29. The van der Waals surface area contributed by atoms with Gasteiger partial charge in [0.1, 0.15) is 30.2 Å². The van der Waals surface area contributed by atoms with Crippen LogP contribution in [0.25, 0.3) is 0 Å². The van der Waals surface area contributed by atoms with Gasteiger partial charge in [0.2, 0.25) is 0 Å². The molecule has 0 radical (unpaired) electrons. The summed E-state index contributed by atoms with van der Waals surface area (Å²) in [4.78, 5) is 58.9. The van der Waals surface area contributed by atoms with E-state index in [1.165, 1.54) is 0 Å². The topological polar surface area (TPSA) is 320 Å². The van der Waals surface area contributed by atoms with Gasteiger partial charge in [0.15, 0.2) is 0 Å². The van der Waals surface area contributed by atoms with Crippen molar-refractivity contribution in [3.8, 4) is 0 Å². The number of hydrogen-bond donors (Lipinski definition) is 10. The highest BCUT2D eigenvalue weighted by Crippen LogP contribution is 2.39. The molecule has 0 aliphatic carbocycles. The lowest BCUT2D eigenvalue weighted by molar-refractivity contribution is -0.139. The number of allylic oxidation sites excluding steroid dienone is 2. The fourth-order valence-electron chi connectivity index (χ4n) is 5.51. The predicted molar refractivity (Wildman–Crippen MR) is 168 cm³/mol. The molecule has 0 spiro atoms. The molecule has 15 N–H and O–H groups in total. The van der Waals surface area contributed by atoms with E-state index < -0.39 is 60.1 Å². The quantitative estimate of drug-likeness (QED) is 0.0588. The summed E-state index contributed by atoms with van der Waals surface area (Å²) in [5.41, 5.74) is 31.4. The van der Waals surface area contributed by atoms with Crippen LogP contribution in [-0.2, 0) is 24.0 Å². The van der Waals surface area contributed by atoms with Gasteiger partial charge in [0, 0.05) is 19.3 Å². The Morgan fingerprint density at radius 2 is 0.978 bits per heavy atom. The minimum absolute atomic E-state index is 0.0999. The number of carboxylic acids is 5. The minimum atomic E-state index is -1.17. The maximum Gasteiger partial charge on any atom is 0.320 e. The zero-order valence-electron chi connectivity index (χ0n) is 26.3. The van der Waals surface area contributed by atoms with E-state index in [1.54, 1.807) is 0 Å². The van der Waals surface area contributed by atoms with Crippen LogP contribution in [0.4, 0.5) is 0 Å². The van der Waals surface area contributed by atoms with Crippen LogP contribution < -0.4 is 28.7 Å². The zero-order chi connectivity index (χ0) is 35.0. The van der Waals surface area contributed by atoms with Gasteiger partial charge in [-0.25, -0.2) is 0 Å². The van der Waals surface area contributed by atoms with Gasteiger partial charge in [0.25, 0.3) is 0 Å². The number of aliphatic carboxylic acids is 5. The maximum absolute atomic E-state index is 11.5. The van der Waals surface area contributed by atoms with Gasteiger partial charge in [-0.15, -0.1) is 0 Å². The highest BCUT2D eigenvalue weighted by atomic mass is 16.4. The number of hydrogen-bond acceptors (Lipinski definition) is 11. The molecule has 1 aliphatic heterocycles. The Hall–Kier alpha value is -3.57. The Morgan fingerprint density at radius 3 is 1.48 bits per heavy atom. The monoisotopic (exact) mass is 656 g/mol. The first-order valence-electron chi connectivity index (χ1n) is 15.6. The van der Waals surface area contributed by atoms with Crippen LogP contribution in [0.5, 0.6) is 0 Å². The summed E-state index contributed by atoms with van der Waals surface area (Å²) in [6.45, 7) is 0.913. The standard InChI is InChI=1S/C30H52N6O10/c31-20(26(37)38)6-2-1-5-17(8-11-22(33)28(41)42)25-18(9-12-23(34)29(43)44)15-36(14-4-3-7-21(32)27(39)40)16-19(25)10-13-24(35)30(45)46/h15,17,20-24H,1-14,16,31-35H2,(H,37,38)(H,39,40)(H,41,42)(H,43,44)(H,45,46). The van der Waals surface area contributed by atoms with Crippen LogP contribution in [0.2, 0.25) is 0 Å². The SMILES string of the molecule is NC(CCCCC(CCC(N)C(=O)O)C1=C(CCC(N)C(=O)O)CN(CCCCC(N)C(=O)O)C=C1CCC(N)C(=O)O)C(=O)O. The van der Waals surface area contributed by atoms with Gasteiger partial charge >= 0.3 is 29.8 Å². The lowest BCUT2D eigenvalue weighted by Crippen LogP contribution is -2.34. The van der Waals surface area contributed by atoms with E-state index in [2.05, 4.69) is 0 Å². The van der Waals surface area contributed by atoms with E-state index in [1.807, 2.05) is 11.1 Å². The van der Waals surface area contributed by atoms with Gasteiger partial charge in [-0.1, -0.05) is 12.8 Å². The molecule has 0 saturated heterocycles. The first kappa shape index (κ1) is 40.5. The summed E-state index contributed by atoms with van der Waals surface area (Å²) < 4.78 is 0. The molecule has 1 heterocycles. The molecule has 0 saturated carbocycles. The van der Waals surface area contributed by atoms with Crippen LogP contribution in [0.3, 0.4) is 0 Å². The second-order valence-corrected chi connectivity index (χ2v) is 12.0. The van der Waals surface area contributed by atoms with Gasteiger partial charge in [-0.3, -0.25) is 24.0 Å². The third kappa shape index (κ3) is 14.7.